The van der Waals surface area contributed by atoms with E-state index in [1.807, 2.05) is 19.3 Å². The van der Waals surface area contributed by atoms with E-state index in [-0.39, 0.29) is 12.4 Å². The van der Waals surface area contributed by atoms with Crippen molar-refractivity contribution in [3.8, 4) is 5.75 Å². The zero-order chi connectivity index (χ0) is 12.3. The van der Waals surface area contributed by atoms with E-state index in [1.54, 1.807) is 34.9 Å². The van der Waals surface area contributed by atoms with Gasteiger partial charge in [-0.2, -0.15) is 0 Å². The molecule has 0 fully saturated rings. The number of hydrogen-bond acceptors (Lipinski definition) is 2. The Kier molecular flexibility index (Phi) is 3.49. The van der Waals surface area contributed by atoms with Crippen LogP contribution in [0.25, 0.3) is 0 Å². The van der Waals surface area contributed by atoms with E-state index < -0.39 is 0 Å². The molecule has 0 aliphatic rings. The normalized spacial score (nSPS) is 10.2. The summed E-state index contributed by atoms with van der Waals surface area (Å²) in [6.07, 6.45) is 1.83. The van der Waals surface area contributed by atoms with Crippen molar-refractivity contribution in [3.63, 3.8) is 0 Å². The number of benzene rings is 1. The molecule has 0 amide bonds. The Labute approximate surface area is 105 Å². The molecule has 2 aromatic rings. The maximum absolute atomic E-state index is 11.8. The van der Waals surface area contributed by atoms with E-state index in [2.05, 4.69) is 0 Å². The van der Waals surface area contributed by atoms with Gasteiger partial charge in [0.15, 0.2) is 6.61 Å². The summed E-state index contributed by atoms with van der Waals surface area (Å²) in [5.74, 6) is 0.587. The van der Waals surface area contributed by atoms with Gasteiger partial charge in [0, 0.05) is 18.3 Å². The van der Waals surface area contributed by atoms with Crippen LogP contribution in [0.5, 0.6) is 5.75 Å². The Balaban J connectivity index is 1.97. The zero-order valence-electron chi connectivity index (χ0n) is 9.39. The fraction of sp³-hybridized carbons (Fsp3) is 0.154. The van der Waals surface area contributed by atoms with Crippen molar-refractivity contribution in [1.29, 1.82) is 0 Å². The molecule has 1 aromatic carbocycles. The second-order valence-electron chi connectivity index (χ2n) is 3.67. The van der Waals surface area contributed by atoms with Crippen LogP contribution in [-0.2, 0) is 7.05 Å². The van der Waals surface area contributed by atoms with Crippen LogP contribution in [-0.4, -0.2) is 17.0 Å². The van der Waals surface area contributed by atoms with Crippen LogP contribution in [0.3, 0.4) is 0 Å². The third kappa shape index (κ3) is 2.88. The number of hydrogen-bond donors (Lipinski definition) is 0. The van der Waals surface area contributed by atoms with Gasteiger partial charge in [-0.05, 0) is 36.4 Å². The van der Waals surface area contributed by atoms with Gasteiger partial charge >= 0.3 is 0 Å². The third-order valence-electron chi connectivity index (χ3n) is 2.41. The Morgan fingerprint density at radius 3 is 2.59 bits per heavy atom. The van der Waals surface area contributed by atoms with Crippen molar-refractivity contribution < 1.29 is 9.53 Å². The summed E-state index contributed by atoms with van der Waals surface area (Å²) in [6, 6.07) is 10.5. The highest BCUT2D eigenvalue weighted by Crippen LogP contribution is 2.15. The Morgan fingerprint density at radius 1 is 1.29 bits per heavy atom. The van der Waals surface area contributed by atoms with Crippen molar-refractivity contribution >= 4 is 17.4 Å². The van der Waals surface area contributed by atoms with E-state index in [0.29, 0.717) is 16.5 Å². The number of aromatic nitrogens is 1. The standard InChI is InChI=1S/C13H12ClNO2/c1-15-8-2-3-12(15)13(16)9-17-11-6-4-10(14)5-7-11/h2-8H,9H2,1H3. The number of ketones is 1. The van der Waals surface area contributed by atoms with Gasteiger partial charge in [0.05, 0.1) is 5.69 Å². The topological polar surface area (TPSA) is 31.2 Å². The van der Waals surface area contributed by atoms with Gasteiger partial charge < -0.3 is 9.30 Å². The smallest absolute Gasteiger partial charge is 0.216 e. The number of carbonyl (C=O) groups is 1. The third-order valence-corrected chi connectivity index (χ3v) is 2.66. The average Bonchev–Trinajstić information content (AvgIpc) is 2.74. The molecular formula is C13H12ClNO2. The summed E-state index contributed by atoms with van der Waals surface area (Å²) >= 11 is 5.75. The summed E-state index contributed by atoms with van der Waals surface area (Å²) in [4.78, 5) is 11.8. The number of rotatable bonds is 4. The lowest BCUT2D eigenvalue weighted by Gasteiger charge is -2.06. The van der Waals surface area contributed by atoms with Crippen LogP contribution in [0.15, 0.2) is 42.6 Å². The molecule has 17 heavy (non-hydrogen) atoms. The largest absolute Gasteiger partial charge is 0.485 e. The molecule has 3 nitrogen and oxygen atoms in total. The molecule has 2 rings (SSSR count). The number of ether oxygens (including phenoxy) is 1. The molecule has 0 saturated carbocycles. The van der Waals surface area contributed by atoms with Crippen LogP contribution >= 0.6 is 11.6 Å². The fourth-order valence-corrected chi connectivity index (χ4v) is 1.63. The Bertz CT molecular complexity index is 516. The molecule has 1 aromatic heterocycles. The predicted octanol–water partition coefficient (Wildman–Crippen LogP) is 2.94. The molecule has 4 heteroatoms. The minimum atomic E-state index is -0.0487. The molecule has 0 N–H and O–H groups in total. The van der Waals surface area contributed by atoms with Gasteiger partial charge in [-0.25, -0.2) is 0 Å². The highest BCUT2D eigenvalue weighted by atomic mass is 35.5. The molecule has 0 unspecified atom stereocenters. The van der Waals surface area contributed by atoms with Gasteiger partial charge in [0.25, 0.3) is 0 Å². The van der Waals surface area contributed by atoms with E-state index in [1.165, 1.54) is 0 Å². The predicted molar refractivity (Wildman–Crippen MR) is 66.7 cm³/mol. The van der Waals surface area contributed by atoms with Gasteiger partial charge in [0.1, 0.15) is 5.75 Å². The molecule has 0 radical (unpaired) electrons. The van der Waals surface area contributed by atoms with Crippen molar-refractivity contribution in [2.45, 2.75) is 0 Å². The Morgan fingerprint density at radius 2 is 2.00 bits per heavy atom. The van der Waals surface area contributed by atoms with Crippen LogP contribution in [0.1, 0.15) is 10.5 Å². The van der Waals surface area contributed by atoms with E-state index >= 15 is 0 Å². The summed E-state index contributed by atoms with van der Waals surface area (Å²) < 4.78 is 7.15. The summed E-state index contributed by atoms with van der Waals surface area (Å²) in [6.45, 7) is 0.0273. The number of halogens is 1. The number of Topliss-reactive ketones (excluding diaryl/α,β-unsaturated/α-hetero) is 1. The lowest BCUT2D eigenvalue weighted by Crippen LogP contribution is -2.14. The van der Waals surface area contributed by atoms with Gasteiger partial charge in [0.2, 0.25) is 5.78 Å². The van der Waals surface area contributed by atoms with Gasteiger partial charge in [-0.3, -0.25) is 4.79 Å². The van der Waals surface area contributed by atoms with Crippen molar-refractivity contribution in [1.82, 2.24) is 4.57 Å². The minimum Gasteiger partial charge on any atom is -0.485 e. The molecule has 0 aliphatic carbocycles. The first-order valence-corrected chi connectivity index (χ1v) is 5.57. The Hall–Kier alpha value is -1.74. The van der Waals surface area contributed by atoms with Gasteiger partial charge in [-0.15, -0.1) is 0 Å². The second kappa shape index (κ2) is 5.06. The fourth-order valence-electron chi connectivity index (χ4n) is 1.50. The van der Waals surface area contributed by atoms with Crippen molar-refractivity contribution in [3.05, 3.63) is 53.3 Å². The van der Waals surface area contributed by atoms with Crippen molar-refractivity contribution in [2.24, 2.45) is 7.05 Å². The van der Waals surface area contributed by atoms with E-state index in [0.717, 1.165) is 0 Å². The number of carbonyl (C=O) groups excluding carboxylic acids is 1. The summed E-state index contributed by atoms with van der Waals surface area (Å²) in [7, 11) is 1.83. The second-order valence-corrected chi connectivity index (χ2v) is 4.11. The van der Waals surface area contributed by atoms with Crippen molar-refractivity contribution in [2.75, 3.05) is 6.61 Å². The molecule has 1 heterocycles. The lowest BCUT2D eigenvalue weighted by molar-refractivity contribution is 0.0913. The first-order valence-electron chi connectivity index (χ1n) is 5.20. The first kappa shape index (κ1) is 11.7. The van der Waals surface area contributed by atoms with Crippen LogP contribution < -0.4 is 4.74 Å². The molecule has 0 bridgehead atoms. The molecule has 0 spiro atoms. The summed E-state index contributed by atoms with van der Waals surface area (Å²) in [5.41, 5.74) is 0.638. The van der Waals surface area contributed by atoms with E-state index in [9.17, 15) is 4.79 Å². The quantitative estimate of drug-likeness (QED) is 0.780. The summed E-state index contributed by atoms with van der Waals surface area (Å²) in [5, 5.41) is 0.645. The highest BCUT2D eigenvalue weighted by molar-refractivity contribution is 6.30. The highest BCUT2D eigenvalue weighted by Gasteiger charge is 2.09. The maximum atomic E-state index is 11.8. The molecule has 0 atom stereocenters. The molecule has 88 valence electrons. The zero-order valence-corrected chi connectivity index (χ0v) is 10.1. The number of nitrogens with zero attached hydrogens (tertiary/aromatic N) is 1. The molecule has 0 saturated heterocycles. The van der Waals surface area contributed by atoms with Crippen LogP contribution in [0, 0.1) is 0 Å². The minimum absolute atomic E-state index is 0.0273. The maximum Gasteiger partial charge on any atom is 0.216 e. The van der Waals surface area contributed by atoms with Gasteiger partial charge in [-0.1, -0.05) is 11.6 Å². The molecular weight excluding hydrogens is 238 g/mol. The SMILES string of the molecule is Cn1cccc1C(=O)COc1ccc(Cl)cc1. The average molecular weight is 250 g/mol. The molecule has 0 aliphatic heterocycles. The monoisotopic (exact) mass is 249 g/mol. The lowest BCUT2D eigenvalue weighted by atomic mass is 10.3. The van der Waals surface area contributed by atoms with Crippen LogP contribution in [0.2, 0.25) is 5.02 Å². The van der Waals surface area contributed by atoms with Crippen LogP contribution in [0.4, 0.5) is 0 Å². The number of aryl methyl sites for hydroxylation is 1. The van der Waals surface area contributed by atoms with E-state index in [4.69, 9.17) is 16.3 Å². The first-order chi connectivity index (χ1) is 8.16.